The van der Waals surface area contributed by atoms with E-state index in [0.717, 1.165) is 19.3 Å². The molecule has 0 aromatic carbocycles. The molecule has 0 spiro atoms. The summed E-state index contributed by atoms with van der Waals surface area (Å²) in [6.07, 6.45) is 3.44. The van der Waals surface area contributed by atoms with Gasteiger partial charge in [0.25, 0.3) is 0 Å². The van der Waals surface area contributed by atoms with Gasteiger partial charge in [-0.1, -0.05) is 48.0 Å². The highest BCUT2D eigenvalue weighted by atomic mass is 16.5. The summed E-state index contributed by atoms with van der Waals surface area (Å²) < 4.78 is 11.9. The lowest BCUT2D eigenvalue weighted by Gasteiger charge is -2.32. The van der Waals surface area contributed by atoms with Gasteiger partial charge in [0.2, 0.25) is 11.8 Å². The zero-order valence-corrected chi connectivity index (χ0v) is 23.9. The van der Waals surface area contributed by atoms with E-state index in [9.17, 15) is 19.5 Å². The van der Waals surface area contributed by atoms with Gasteiger partial charge in [0.1, 0.15) is 6.04 Å². The first-order chi connectivity index (χ1) is 15.8. The number of carbonyl (C=O) groups excluding carboxylic acids is 2. The molecule has 0 heterocycles. The van der Waals surface area contributed by atoms with Gasteiger partial charge >= 0.3 is 5.97 Å². The smallest absolute Gasteiger partial charge is 0.326 e. The Labute approximate surface area is 213 Å². The van der Waals surface area contributed by atoms with Crippen molar-refractivity contribution in [2.75, 3.05) is 19.8 Å². The lowest BCUT2D eigenvalue weighted by Crippen LogP contribution is -2.48. The van der Waals surface area contributed by atoms with Crippen molar-refractivity contribution in [1.29, 1.82) is 0 Å². The van der Waals surface area contributed by atoms with Crippen molar-refractivity contribution in [2.45, 2.75) is 125 Å². The monoisotopic (exact) mass is 500 g/mol. The third kappa shape index (κ3) is 15.8. The molecule has 1 unspecified atom stereocenters. The molecule has 0 aromatic heterocycles. The van der Waals surface area contributed by atoms with Crippen LogP contribution in [0, 0.1) is 10.8 Å². The van der Waals surface area contributed by atoms with Gasteiger partial charge in [0.15, 0.2) is 0 Å². The Morgan fingerprint density at radius 3 is 1.91 bits per heavy atom. The molecular formula is C27H52N2O6. The predicted molar refractivity (Wildman–Crippen MR) is 139 cm³/mol. The van der Waals surface area contributed by atoms with Crippen molar-refractivity contribution in [1.82, 2.24) is 10.6 Å². The minimum absolute atomic E-state index is 0.000685. The molecular weight excluding hydrogens is 448 g/mol. The molecule has 0 fully saturated rings. The van der Waals surface area contributed by atoms with E-state index in [4.69, 9.17) is 9.47 Å². The molecule has 0 aromatic rings. The average molecular weight is 501 g/mol. The standard InChI is InChI=1S/C27H52N2O6/c1-11-14-26(7,8)34-17-15-27(9,10)35-18-16-28-21(30)13-12-20(22(31)32)29-23(33)25(5,6)19-24(2,3)4/h20H,11-19H2,1-10H3,(H,28,30)(H,29,33)(H,31,32). The molecule has 0 saturated carbocycles. The van der Waals surface area contributed by atoms with Crippen molar-refractivity contribution in [3.8, 4) is 0 Å². The van der Waals surface area contributed by atoms with E-state index in [1.54, 1.807) is 13.8 Å². The summed E-state index contributed by atoms with van der Waals surface area (Å²) in [6.45, 7) is 21.3. The van der Waals surface area contributed by atoms with Crippen LogP contribution in [0.4, 0.5) is 0 Å². The van der Waals surface area contributed by atoms with Gasteiger partial charge in [0.05, 0.1) is 24.4 Å². The number of hydrogen-bond acceptors (Lipinski definition) is 5. The lowest BCUT2D eigenvalue weighted by molar-refractivity contribution is -0.144. The maximum absolute atomic E-state index is 12.7. The van der Waals surface area contributed by atoms with E-state index in [0.29, 0.717) is 26.2 Å². The number of nitrogens with one attached hydrogen (secondary N) is 2. The number of aliphatic carboxylic acids is 1. The van der Waals surface area contributed by atoms with Crippen LogP contribution in [0.2, 0.25) is 0 Å². The molecule has 0 aliphatic carbocycles. The van der Waals surface area contributed by atoms with Crippen LogP contribution < -0.4 is 10.6 Å². The van der Waals surface area contributed by atoms with Gasteiger partial charge in [-0.2, -0.15) is 0 Å². The van der Waals surface area contributed by atoms with Crippen molar-refractivity contribution in [2.24, 2.45) is 10.8 Å². The van der Waals surface area contributed by atoms with Gasteiger partial charge in [-0.25, -0.2) is 4.79 Å². The van der Waals surface area contributed by atoms with Crippen LogP contribution in [0.5, 0.6) is 0 Å². The van der Waals surface area contributed by atoms with Crippen molar-refractivity contribution in [3.05, 3.63) is 0 Å². The molecule has 8 heteroatoms. The Morgan fingerprint density at radius 1 is 0.857 bits per heavy atom. The molecule has 35 heavy (non-hydrogen) atoms. The Morgan fingerprint density at radius 2 is 1.40 bits per heavy atom. The van der Waals surface area contributed by atoms with E-state index in [2.05, 4.69) is 31.4 Å². The Bertz CT molecular complexity index is 680. The third-order valence-electron chi connectivity index (χ3n) is 5.82. The summed E-state index contributed by atoms with van der Waals surface area (Å²) in [5, 5.41) is 14.9. The molecule has 3 N–H and O–H groups in total. The minimum atomic E-state index is -1.15. The summed E-state index contributed by atoms with van der Waals surface area (Å²) in [6, 6.07) is -1.11. The number of rotatable bonds is 17. The average Bonchev–Trinajstić information content (AvgIpc) is 2.65. The summed E-state index contributed by atoms with van der Waals surface area (Å²) >= 11 is 0. The first-order valence-electron chi connectivity index (χ1n) is 12.9. The highest BCUT2D eigenvalue weighted by Gasteiger charge is 2.35. The zero-order chi connectivity index (χ0) is 27.5. The Kier molecular flexibility index (Phi) is 13.5. The van der Waals surface area contributed by atoms with Crippen LogP contribution in [0.25, 0.3) is 0 Å². The molecule has 2 amide bonds. The summed E-state index contributed by atoms with van der Waals surface area (Å²) in [5.74, 6) is -1.74. The molecule has 1 atom stereocenters. The Hall–Kier alpha value is -1.67. The molecule has 0 aliphatic heterocycles. The van der Waals surface area contributed by atoms with Gasteiger partial charge in [-0.15, -0.1) is 0 Å². The van der Waals surface area contributed by atoms with E-state index in [1.165, 1.54) is 0 Å². The fourth-order valence-corrected chi connectivity index (χ4v) is 4.22. The maximum atomic E-state index is 12.7. The van der Waals surface area contributed by atoms with E-state index >= 15 is 0 Å². The topological polar surface area (TPSA) is 114 Å². The molecule has 0 rings (SSSR count). The van der Waals surface area contributed by atoms with E-state index in [1.807, 2.05) is 34.6 Å². The van der Waals surface area contributed by atoms with Crippen molar-refractivity contribution < 1.29 is 29.0 Å². The van der Waals surface area contributed by atoms with Gasteiger partial charge in [-0.05, 0) is 58.8 Å². The second-order valence-electron chi connectivity index (χ2n) is 12.6. The SMILES string of the molecule is CCCC(C)(C)OCCC(C)(C)OCCNC(=O)CCC(NC(=O)C(C)(C)CC(C)(C)C)C(=O)O. The summed E-state index contributed by atoms with van der Waals surface area (Å²) in [5.41, 5.74) is -1.32. The first kappa shape index (κ1) is 33.3. The van der Waals surface area contributed by atoms with Crippen LogP contribution >= 0.6 is 0 Å². The highest BCUT2D eigenvalue weighted by Crippen LogP contribution is 2.33. The van der Waals surface area contributed by atoms with Gasteiger partial charge in [-0.3, -0.25) is 9.59 Å². The summed E-state index contributed by atoms with van der Waals surface area (Å²) in [7, 11) is 0. The van der Waals surface area contributed by atoms with Crippen molar-refractivity contribution >= 4 is 17.8 Å². The molecule has 0 radical (unpaired) electrons. The first-order valence-corrected chi connectivity index (χ1v) is 12.9. The zero-order valence-electron chi connectivity index (χ0n) is 23.9. The van der Waals surface area contributed by atoms with E-state index in [-0.39, 0.29) is 41.3 Å². The largest absolute Gasteiger partial charge is 0.480 e. The summed E-state index contributed by atoms with van der Waals surface area (Å²) in [4.78, 5) is 36.5. The molecule has 0 saturated heterocycles. The molecule has 8 nitrogen and oxygen atoms in total. The normalized spacial score (nSPS) is 13.9. The maximum Gasteiger partial charge on any atom is 0.326 e. The van der Waals surface area contributed by atoms with Crippen LogP contribution in [-0.4, -0.2) is 59.9 Å². The van der Waals surface area contributed by atoms with E-state index < -0.39 is 17.4 Å². The van der Waals surface area contributed by atoms with Crippen LogP contribution in [0.1, 0.15) is 108 Å². The van der Waals surface area contributed by atoms with Gasteiger partial charge < -0.3 is 25.2 Å². The second kappa shape index (κ2) is 14.2. The fraction of sp³-hybridized carbons (Fsp3) is 0.889. The van der Waals surface area contributed by atoms with Gasteiger partial charge in [0, 0.05) is 18.4 Å². The molecule has 0 aliphatic rings. The fourth-order valence-electron chi connectivity index (χ4n) is 4.22. The number of ether oxygens (including phenoxy) is 2. The predicted octanol–water partition coefficient (Wildman–Crippen LogP) is 4.70. The number of carboxylic acids is 1. The quantitative estimate of drug-likeness (QED) is 0.250. The minimum Gasteiger partial charge on any atom is -0.480 e. The Balaban J connectivity index is 4.43. The van der Waals surface area contributed by atoms with Crippen LogP contribution in [-0.2, 0) is 23.9 Å². The number of carbonyl (C=O) groups is 3. The third-order valence-corrected chi connectivity index (χ3v) is 5.82. The number of carboxylic acid groups (broad SMARTS) is 1. The second-order valence-corrected chi connectivity index (χ2v) is 12.6. The highest BCUT2D eigenvalue weighted by molar-refractivity contribution is 5.87. The lowest BCUT2D eigenvalue weighted by atomic mass is 9.75. The van der Waals surface area contributed by atoms with Crippen molar-refractivity contribution in [3.63, 3.8) is 0 Å². The van der Waals surface area contributed by atoms with Crippen LogP contribution in [0.15, 0.2) is 0 Å². The molecule has 0 bridgehead atoms. The number of amides is 2. The number of hydrogen-bond donors (Lipinski definition) is 3. The van der Waals surface area contributed by atoms with Crippen LogP contribution in [0.3, 0.4) is 0 Å². The molecule has 206 valence electrons.